The summed E-state index contributed by atoms with van der Waals surface area (Å²) >= 11 is 0. The highest BCUT2D eigenvalue weighted by atomic mass is 17.0. The average Bonchev–Trinajstić information content (AvgIpc) is 2.56. The Morgan fingerprint density at radius 3 is 2.00 bits per heavy atom. The van der Waals surface area contributed by atoms with Crippen molar-refractivity contribution < 1.29 is 20.0 Å². The fraction of sp³-hybridized carbons (Fsp3) is 0.632. The molecule has 0 saturated carbocycles. The maximum Gasteiger partial charge on any atom is 0.306 e. The second-order valence-corrected chi connectivity index (χ2v) is 6.26. The fourth-order valence-electron chi connectivity index (χ4n) is 1.59. The van der Waals surface area contributed by atoms with Crippen LogP contribution in [0, 0.1) is 0 Å². The van der Waals surface area contributed by atoms with E-state index in [2.05, 4.69) is 45.0 Å². The minimum Gasteiger partial charge on any atom is -0.460 e. The first kappa shape index (κ1) is 23.9. The van der Waals surface area contributed by atoms with Gasteiger partial charge in [-0.25, -0.2) is 0 Å². The third kappa shape index (κ3) is 14.0. The molecule has 134 valence electrons. The molecule has 0 fully saturated rings. The fourth-order valence-corrected chi connectivity index (χ4v) is 1.59. The van der Waals surface area contributed by atoms with Crippen LogP contribution < -0.4 is 0 Å². The first-order chi connectivity index (χ1) is 10.8. The second kappa shape index (κ2) is 14.2. The second-order valence-electron chi connectivity index (χ2n) is 6.26. The molecule has 1 aromatic carbocycles. The molecule has 0 saturated heterocycles. The quantitative estimate of drug-likeness (QED) is 0.397. The number of unbranched alkanes of at least 4 members (excludes halogenated alkanes) is 1. The molecule has 0 spiro atoms. The van der Waals surface area contributed by atoms with Crippen LogP contribution in [-0.2, 0) is 9.53 Å². The van der Waals surface area contributed by atoms with E-state index in [0.29, 0.717) is 12.3 Å². The smallest absolute Gasteiger partial charge is 0.306 e. The maximum atomic E-state index is 11.2. The zero-order valence-corrected chi connectivity index (χ0v) is 15.5. The third-order valence-corrected chi connectivity index (χ3v) is 3.44. The van der Waals surface area contributed by atoms with Gasteiger partial charge in [-0.1, -0.05) is 64.4 Å². The predicted octanol–water partition coefficient (Wildman–Crippen LogP) is 5.74. The zero-order valence-electron chi connectivity index (χ0n) is 15.5. The lowest BCUT2D eigenvalue weighted by Crippen LogP contribution is -2.26. The van der Waals surface area contributed by atoms with E-state index in [1.54, 1.807) is 0 Å². The molecule has 23 heavy (non-hydrogen) atoms. The van der Waals surface area contributed by atoms with Crippen molar-refractivity contribution in [3.63, 3.8) is 0 Å². The molecule has 1 rings (SSSR count). The lowest BCUT2D eigenvalue weighted by molar-refractivity contribution is -0.176. The lowest BCUT2D eigenvalue weighted by Gasteiger charge is -2.23. The van der Waals surface area contributed by atoms with E-state index in [1.807, 2.05) is 26.8 Å². The third-order valence-electron chi connectivity index (χ3n) is 3.44. The van der Waals surface area contributed by atoms with Gasteiger partial charge in [0, 0.05) is 6.42 Å². The SMILES string of the molecule is CC(C)c1ccccc1.CCCCC(=O)OC(C)(C)CC.OO. The van der Waals surface area contributed by atoms with Gasteiger partial charge >= 0.3 is 5.97 Å². The van der Waals surface area contributed by atoms with E-state index >= 15 is 0 Å². The van der Waals surface area contributed by atoms with Gasteiger partial charge in [-0.05, 0) is 38.2 Å². The summed E-state index contributed by atoms with van der Waals surface area (Å²) in [5.41, 5.74) is 1.13. The normalized spacial score (nSPS) is 10.1. The van der Waals surface area contributed by atoms with E-state index in [-0.39, 0.29) is 11.6 Å². The molecule has 2 N–H and O–H groups in total. The monoisotopic (exact) mass is 326 g/mol. The van der Waals surface area contributed by atoms with E-state index in [0.717, 1.165) is 19.3 Å². The number of hydrogen-bond donors (Lipinski definition) is 2. The Bertz CT molecular complexity index is 386. The largest absolute Gasteiger partial charge is 0.460 e. The molecule has 4 nitrogen and oxygen atoms in total. The number of carbonyl (C=O) groups is 1. The summed E-state index contributed by atoms with van der Waals surface area (Å²) < 4.78 is 5.25. The van der Waals surface area contributed by atoms with Crippen molar-refractivity contribution in [1.82, 2.24) is 0 Å². The molecule has 0 aromatic heterocycles. The Morgan fingerprint density at radius 2 is 1.65 bits per heavy atom. The van der Waals surface area contributed by atoms with Crippen LogP contribution in [0.25, 0.3) is 0 Å². The highest BCUT2D eigenvalue weighted by molar-refractivity contribution is 5.69. The Balaban J connectivity index is 0. The van der Waals surface area contributed by atoms with Crippen molar-refractivity contribution in [3.8, 4) is 0 Å². The summed E-state index contributed by atoms with van der Waals surface area (Å²) in [6.45, 7) is 12.4. The Hall–Kier alpha value is -1.39. The van der Waals surface area contributed by atoms with Gasteiger partial charge in [-0.15, -0.1) is 0 Å². The van der Waals surface area contributed by atoms with E-state index in [9.17, 15) is 4.79 Å². The molecule has 4 heteroatoms. The van der Waals surface area contributed by atoms with Gasteiger partial charge in [-0.3, -0.25) is 15.3 Å². The van der Waals surface area contributed by atoms with E-state index in [4.69, 9.17) is 15.3 Å². The molecule has 0 bridgehead atoms. The number of hydrogen-bond acceptors (Lipinski definition) is 4. The highest BCUT2D eigenvalue weighted by Gasteiger charge is 2.19. The summed E-state index contributed by atoms with van der Waals surface area (Å²) in [6, 6.07) is 10.5. The van der Waals surface area contributed by atoms with Gasteiger partial charge in [0.25, 0.3) is 0 Å². The van der Waals surface area contributed by atoms with Crippen molar-refractivity contribution in [2.24, 2.45) is 0 Å². The van der Waals surface area contributed by atoms with Gasteiger partial charge in [0.05, 0.1) is 0 Å². The van der Waals surface area contributed by atoms with Crippen LogP contribution in [0.15, 0.2) is 30.3 Å². The van der Waals surface area contributed by atoms with Crippen LogP contribution in [0.3, 0.4) is 0 Å². The van der Waals surface area contributed by atoms with Crippen LogP contribution in [-0.4, -0.2) is 22.1 Å². The van der Waals surface area contributed by atoms with Crippen molar-refractivity contribution in [3.05, 3.63) is 35.9 Å². The minimum atomic E-state index is -0.287. The molecule has 0 aliphatic carbocycles. The van der Waals surface area contributed by atoms with Gasteiger partial charge in [-0.2, -0.15) is 0 Å². The predicted molar refractivity (Wildman–Crippen MR) is 95.8 cm³/mol. The molecule has 1 aromatic rings. The Kier molecular flexibility index (Phi) is 14.8. The minimum absolute atomic E-state index is 0.0660. The number of rotatable bonds is 6. The summed E-state index contributed by atoms with van der Waals surface area (Å²) in [6.07, 6.45) is 3.39. The van der Waals surface area contributed by atoms with Crippen LogP contribution >= 0.6 is 0 Å². The van der Waals surface area contributed by atoms with Crippen molar-refractivity contribution in [2.45, 2.75) is 78.7 Å². The summed E-state index contributed by atoms with van der Waals surface area (Å²) in [4.78, 5) is 11.2. The summed E-state index contributed by atoms with van der Waals surface area (Å²) in [5, 5.41) is 12.0. The molecule has 0 aliphatic rings. The van der Waals surface area contributed by atoms with Gasteiger partial charge in [0.2, 0.25) is 0 Å². The molecule has 0 radical (unpaired) electrons. The van der Waals surface area contributed by atoms with Crippen molar-refractivity contribution in [2.75, 3.05) is 0 Å². The van der Waals surface area contributed by atoms with Gasteiger partial charge < -0.3 is 4.74 Å². The first-order valence-electron chi connectivity index (χ1n) is 8.29. The average molecular weight is 326 g/mol. The van der Waals surface area contributed by atoms with Crippen LogP contribution in [0.4, 0.5) is 0 Å². The van der Waals surface area contributed by atoms with E-state index < -0.39 is 0 Å². The number of esters is 1. The van der Waals surface area contributed by atoms with Crippen molar-refractivity contribution >= 4 is 5.97 Å². The summed E-state index contributed by atoms with van der Waals surface area (Å²) in [5.74, 6) is 0.593. The highest BCUT2D eigenvalue weighted by Crippen LogP contribution is 2.15. The van der Waals surface area contributed by atoms with Gasteiger partial charge in [0.15, 0.2) is 0 Å². The van der Waals surface area contributed by atoms with Gasteiger partial charge in [0.1, 0.15) is 5.60 Å². The van der Waals surface area contributed by atoms with Crippen LogP contribution in [0.5, 0.6) is 0 Å². The topological polar surface area (TPSA) is 66.8 Å². The first-order valence-corrected chi connectivity index (χ1v) is 8.29. The number of benzene rings is 1. The number of ether oxygens (including phenoxy) is 1. The molecule has 0 aliphatic heterocycles. The molecule has 0 heterocycles. The summed E-state index contributed by atoms with van der Waals surface area (Å²) in [7, 11) is 0. The van der Waals surface area contributed by atoms with Crippen LogP contribution in [0.1, 0.15) is 78.7 Å². The Labute approximate surface area is 141 Å². The molecular formula is C19H34O4. The van der Waals surface area contributed by atoms with Crippen molar-refractivity contribution in [1.29, 1.82) is 0 Å². The molecular weight excluding hydrogens is 292 g/mol. The maximum absolute atomic E-state index is 11.2. The number of carbonyl (C=O) groups excluding carboxylic acids is 1. The molecule has 0 amide bonds. The molecule has 0 atom stereocenters. The lowest BCUT2D eigenvalue weighted by atomic mass is 10.0. The van der Waals surface area contributed by atoms with E-state index in [1.165, 1.54) is 5.56 Å². The van der Waals surface area contributed by atoms with Crippen LogP contribution in [0.2, 0.25) is 0 Å². The standard InChI is InChI=1S/C10H20O2.C9H12.H2O2/c1-5-7-8-9(11)12-10(3,4)6-2;1-8(2)9-6-4-3-5-7-9;1-2/h5-8H2,1-4H3;3-8H,1-2H3;1-2H. The Morgan fingerprint density at radius 1 is 1.13 bits per heavy atom. The molecule has 0 unspecified atom stereocenters. The zero-order chi connectivity index (χ0) is 18.3.